The molecular weight excluding hydrogens is 440 g/mol. The number of nitro groups is 2. The number of non-ortho nitro benzene ring substituents is 2. The Morgan fingerprint density at radius 1 is 0.759 bits per heavy atom. The van der Waals surface area contributed by atoms with E-state index < -0.39 is 9.85 Å². The molecule has 0 aliphatic heterocycles. The van der Waals surface area contributed by atoms with Crippen molar-refractivity contribution in [3.8, 4) is 0 Å². The Balaban J connectivity index is 0.000000291. The van der Waals surface area contributed by atoms with E-state index in [-0.39, 0.29) is 22.5 Å². The number of benzene rings is 2. The molecule has 8 nitrogen and oxygen atoms in total. The monoisotopic (exact) mass is 466 g/mol. The lowest BCUT2D eigenvalue weighted by atomic mass is 10.1. The minimum absolute atomic E-state index is 0.0316. The molecule has 0 amide bonds. The van der Waals surface area contributed by atoms with Crippen LogP contribution >= 0.6 is 15.9 Å². The number of halogens is 1. The summed E-state index contributed by atoms with van der Waals surface area (Å²) < 4.78 is 0.701. The number of nitrogens with zero attached hydrogens (tertiary/aromatic N) is 2. The molecule has 0 spiro atoms. The molecular formula is C20H27BrN4O4. The second-order valence-corrected chi connectivity index (χ2v) is 9.33. The van der Waals surface area contributed by atoms with Crippen LogP contribution in [-0.4, -0.2) is 20.9 Å². The maximum Gasteiger partial charge on any atom is 0.270 e. The molecule has 0 fully saturated rings. The normalized spacial score (nSPS) is 11.1. The number of rotatable bonds is 4. The molecule has 0 saturated carbocycles. The van der Waals surface area contributed by atoms with Crippen LogP contribution in [0.1, 0.15) is 41.5 Å². The molecule has 2 N–H and O–H groups in total. The lowest BCUT2D eigenvalue weighted by Crippen LogP contribution is -2.26. The number of nitro benzene ring substituents is 2. The van der Waals surface area contributed by atoms with Crippen molar-refractivity contribution in [2.75, 3.05) is 10.6 Å². The Bertz CT molecular complexity index is 856. The minimum atomic E-state index is -0.411. The summed E-state index contributed by atoms with van der Waals surface area (Å²) >= 11 is 3.30. The maximum atomic E-state index is 10.5. The van der Waals surface area contributed by atoms with Crippen molar-refractivity contribution in [2.24, 2.45) is 0 Å². The van der Waals surface area contributed by atoms with Crippen LogP contribution in [0.5, 0.6) is 0 Å². The Hall–Kier alpha value is -2.68. The van der Waals surface area contributed by atoms with E-state index in [1.807, 2.05) is 41.5 Å². The highest BCUT2D eigenvalue weighted by Crippen LogP contribution is 2.29. The average molecular weight is 467 g/mol. The molecule has 2 aromatic rings. The predicted molar refractivity (Wildman–Crippen MR) is 121 cm³/mol. The molecule has 29 heavy (non-hydrogen) atoms. The molecule has 2 aromatic carbocycles. The van der Waals surface area contributed by atoms with Crippen molar-refractivity contribution < 1.29 is 9.85 Å². The highest BCUT2D eigenvalue weighted by molar-refractivity contribution is 9.10. The zero-order valence-electron chi connectivity index (χ0n) is 17.4. The molecule has 9 heteroatoms. The standard InChI is InChI=1S/C10H13BrN2O2.C10H14N2O2/c1-10(2,3)12-9-5-4-7(13(14)15)6-8(9)11;1-10(2,3)11-8-4-6-9(7-5-8)12(13)14/h4-6,12H,1-3H3;4-7,11H,1-3H3. The third kappa shape index (κ3) is 9.38. The zero-order chi connectivity index (χ0) is 22.4. The summed E-state index contributed by atoms with van der Waals surface area (Å²) in [5.74, 6) is 0. The lowest BCUT2D eigenvalue weighted by Gasteiger charge is -2.22. The topological polar surface area (TPSA) is 110 Å². The van der Waals surface area contributed by atoms with E-state index in [1.54, 1.807) is 18.2 Å². The molecule has 0 aromatic heterocycles. The number of anilines is 2. The quantitative estimate of drug-likeness (QED) is 0.399. The zero-order valence-corrected chi connectivity index (χ0v) is 19.0. The van der Waals surface area contributed by atoms with Gasteiger partial charge in [-0.25, -0.2) is 0 Å². The minimum Gasteiger partial charge on any atom is -0.380 e. The first kappa shape index (κ1) is 24.4. The second-order valence-electron chi connectivity index (χ2n) is 8.48. The van der Waals surface area contributed by atoms with Crippen LogP contribution in [0.25, 0.3) is 0 Å². The summed E-state index contributed by atoms with van der Waals surface area (Å²) in [6.45, 7) is 12.2. The Labute approximate surface area is 179 Å². The van der Waals surface area contributed by atoms with E-state index in [1.165, 1.54) is 24.3 Å². The van der Waals surface area contributed by atoms with E-state index >= 15 is 0 Å². The van der Waals surface area contributed by atoms with Gasteiger partial charge in [0.25, 0.3) is 11.4 Å². The summed E-state index contributed by atoms with van der Waals surface area (Å²) in [4.78, 5) is 20.1. The summed E-state index contributed by atoms with van der Waals surface area (Å²) in [5, 5.41) is 27.4. The van der Waals surface area contributed by atoms with Gasteiger partial charge in [0.2, 0.25) is 0 Å². The fourth-order valence-electron chi connectivity index (χ4n) is 2.22. The smallest absolute Gasteiger partial charge is 0.270 e. The van der Waals surface area contributed by atoms with E-state index in [4.69, 9.17) is 0 Å². The Kier molecular flexibility index (Phi) is 8.14. The first-order chi connectivity index (χ1) is 13.2. The summed E-state index contributed by atoms with van der Waals surface area (Å²) in [6, 6.07) is 11.1. The van der Waals surface area contributed by atoms with E-state index in [2.05, 4.69) is 26.6 Å². The van der Waals surface area contributed by atoms with Gasteiger partial charge in [-0.15, -0.1) is 0 Å². The van der Waals surface area contributed by atoms with Gasteiger partial charge in [0.05, 0.1) is 9.85 Å². The molecule has 0 unspecified atom stereocenters. The molecule has 0 aliphatic carbocycles. The van der Waals surface area contributed by atoms with Crippen molar-refractivity contribution in [3.63, 3.8) is 0 Å². The van der Waals surface area contributed by atoms with Crippen molar-refractivity contribution in [3.05, 3.63) is 67.2 Å². The predicted octanol–water partition coefficient (Wildman–Crippen LogP) is 6.37. The van der Waals surface area contributed by atoms with Crippen LogP contribution in [-0.2, 0) is 0 Å². The average Bonchev–Trinajstić information content (AvgIpc) is 2.55. The molecule has 0 saturated heterocycles. The molecule has 2 rings (SSSR count). The van der Waals surface area contributed by atoms with E-state index in [9.17, 15) is 20.2 Å². The fraction of sp³-hybridized carbons (Fsp3) is 0.400. The van der Waals surface area contributed by atoms with Crippen LogP contribution < -0.4 is 10.6 Å². The Morgan fingerprint density at radius 3 is 1.59 bits per heavy atom. The lowest BCUT2D eigenvalue weighted by molar-refractivity contribution is -0.385. The van der Waals surface area contributed by atoms with Crippen LogP contribution in [0.2, 0.25) is 0 Å². The molecule has 0 heterocycles. The Morgan fingerprint density at radius 2 is 1.21 bits per heavy atom. The van der Waals surface area contributed by atoms with Gasteiger partial charge in [-0.3, -0.25) is 20.2 Å². The van der Waals surface area contributed by atoms with Crippen LogP contribution in [0.4, 0.5) is 22.7 Å². The van der Waals surface area contributed by atoms with Gasteiger partial charge in [-0.2, -0.15) is 0 Å². The van der Waals surface area contributed by atoms with Gasteiger partial charge in [-0.05, 0) is 75.7 Å². The maximum absolute atomic E-state index is 10.5. The van der Waals surface area contributed by atoms with Crippen molar-refractivity contribution in [1.29, 1.82) is 0 Å². The van der Waals surface area contributed by atoms with Crippen molar-refractivity contribution in [1.82, 2.24) is 0 Å². The summed E-state index contributed by atoms with van der Waals surface area (Å²) in [7, 11) is 0. The summed E-state index contributed by atoms with van der Waals surface area (Å²) in [6.07, 6.45) is 0. The second kappa shape index (κ2) is 9.69. The van der Waals surface area contributed by atoms with Crippen LogP contribution in [0.3, 0.4) is 0 Å². The SMILES string of the molecule is CC(C)(C)Nc1ccc([N+](=O)[O-])cc1.CC(C)(C)Nc1ccc([N+](=O)[O-])cc1Br. The third-order valence-corrected chi connectivity index (χ3v) is 3.93. The molecule has 0 bridgehead atoms. The molecule has 158 valence electrons. The number of nitrogens with one attached hydrogen (secondary N) is 2. The molecule has 0 atom stereocenters. The number of hydrogen-bond acceptors (Lipinski definition) is 6. The first-order valence-electron chi connectivity index (χ1n) is 8.93. The van der Waals surface area contributed by atoms with Gasteiger partial charge >= 0.3 is 0 Å². The largest absolute Gasteiger partial charge is 0.380 e. The highest BCUT2D eigenvalue weighted by Gasteiger charge is 2.14. The van der Waals surface area contributed by atoms with Gasteiger partial charge in [0.15, 0.2) is 0 Å². The summed E-state index contributed by atoms with van der Waals surface area (Å²) in [5.41, 5.74) is 1.84. The van der Waals surface area contributed by atoms with Gasteiger partial charge in [0.1, 0.15) is 0 Å². The van der Waals surface area contributed by atoms with Gasteiger partial charge < -0.3 is 10.6 Å². The van der Waals surface area contributed by atoms with Gasteiger partial charge in [-0.1, -0.05) is 0 Å². The molecule has 0 aliphatic rings. The van der Waals surface area contributed by atoms with Crippen molar-refractivity contribution >= 4 is 38.7 Å². The van der Waals surface area contributed by atoms with Crippen LogP contribution in [0.15, 0.2) is 46.9 Å². The van der Waals surface area contributed by atoms with Crippen LogP contribution in [0, 0.1) is 20.2 Å². The van der Waals surface area contributed by atoms with Gasteiger partial charge in [0, 0.05) is 51.2 Å². The number of hydrogen-bond donors (Lipinski definition) is 2. The third-order valence-electron chi connectivity index (χ3n) is 3.27. The van der Waals surface area contributed by atoms with Crippen molar-refractivity contribution in [2.45, 2.75) is 52.6 Å². The fourth-order valence-corrected chi connectivity index (χ4v) is 2.69. The molecule has 0 radical (unpaired) electrons. The first-order valence-corrected chi connectivity index (χ1v) is 9.72. The highest BCUT2D eigenvalue weighted by atomic mass is 79.9. The van der Waals surface area contributed by atoms with E-state index in [0.717, 1.165) is 11.4 Å². The van der Waals surface area contributed by atoms with E-state index in [0.29, 0.717) is 4.47 Å².